The molecule has 0 amide bonds. The molecule has 0 radical (unpaired) electrons. The van der Waals surface area contributed by atoms with Crippen molar-refractivity contribution in [1.29, 1.82) is 0 Å². The molecule has 1 rings (SSSR count). The summed E-state index contributed by atoms with van der Waals surface area (Å²) in [5.41, 5.74) is 0.174. The molecule has 5 nitrogen and oxygen atoms in total. The summed E-state index contributed by atoms with van der Waals surface area (Å²) in [4.78, 5) is 6.67. The molecule has 1 aliphatic heterocycles. The first-order chi connectivity index (χ1) is 10.5. The molecule has 0 spiro atoms. The molecule has 0 aromatic carbocycles. The molecule has 0 aliphatic carbocycles. The first-order valence-corrected chi connectivity index (χ1v) is 8.70. The number of hydrogen-bond donors (Lipinski definition) is 2. The summed E-state index contributed by atoms with van der Waals surface area (Å²) in [5.74, 6) is 1.71. The third-order valence-electron chi connectivity index (χ3n) is 4.68. The van der Waals surface area contributed by atoms with Gasteiger partial charge in [-0.15, -0.1) is 0 Å². The van der Waals surface area contributed by atoms with Crippen LogP contribution in [0.5, 0.6) is 0 Å². The number of rotatable bonds is 8. The van der Waals surface area contributed by atoms with Gasteiger partial charge in [-0.3, -0.25) is 4.99 Å². The monoisotopic (exact) mass is 312 g/mol. The summed E-state index contributed by atoms with van der Waals surface area (Å²) in [7, 11) is 6.17. The van der Waals surface area contributed by atoms with Crippen molar-refractivity contribution in [3.05, 3.63) is 0 Å². The second-order valence-electron chi connectivity index (χ2n) is 6.97. The van der Waals surface area contributed by atoms with E-state index >= 15 is 0 Å². The van der Waals surface area contributed by atoms with Crippen LogP contribution >= 0.6 is 0 Å². The van der Waals surface area contributed by atoms with Crippen molar-refractivity contribution in [1.82, 2.24) is 15.5 Å². The number of ether oxygens (including phenoxy) is 1. The fourth-order valence-corrected chi connectivity index (χ4v) is 2.89. The van der Waals surface area contributed by atoms with Gasteiger partial charge in [0.1, 0.15) is 0 Å². The summed E-state index contributed by atoms with van der Waals surface area (Å²) >= 11 is 0. The van der Waals surface area contributed by atoms with E-state index in [1.54, 1.807) is 0 Å². The number of nitrogens with one attached hydrogen (secondary N) is 2. The lowest BCUT2D eigenvalue weighted by Crippen LogP contribution is -2.57. The van der Waals surface area contributed by atoms with Crippen molar-refractivity contribution in [2.75, 3.05) is 47.4 Å². The second kappa shape index (κ2) is 10.1. The number of likely N-dealkylation sites (N-methyl/N-ethyl adjacent to an activating group) is 1. The molecule has 0 atom stereocenters. The SMILES string of the molecule is CN=C(NCCCCC(C)C)NCC1(N(C)C)CCOCC1. The van der Waals surface area contributed by atoms with Crippen LogP contribution in [0.15, 0.2) is 4.99 Å². The van der Waals surface area contributed by atoms with E-state index in [9.17, 15) is 0 Å². The molecular weight excluding hydrogens is 276 g/mol. The molecule has 1 saturated heterocycles. The zero-order valence-electron chi connectivity index (χ0n) is 15.2. The van der Waals surface area contributed by atoms with E-state index in [0.29, 0.717) is 0 Å². The van der Waals surface area contributed by atoms with Crippen LogP contribution in [0.4, 0.5) is 0 Å². The molecule has 0 saturated carbocycles. The Kier molecular flexibility index (Phi) is 8.79. The fraction of sp³-hybridized carbons (Fsp3) is 0.941. The Morgan fingerprint density at radius 2 is 1.86 bits per heavy atom. The van der Waals surface area contributed by atoms with Gasteiger partial charge in [-0.25, -0.2) is 0 Å². The molecule has 130 valence electrons. The van der Waals surface area contributed by atoms with E-state index in [1.165, 1.54) is 19.3 Å². The van der Waals surface area contributed by atoms with Gasteiger partial charge in [-0.2, -0.15) is 0 Å². The number of guanidine groups is 1. The van der Waals surface area contributed by atoms with Crippen molar-refractivity contribution in [3.8, 4) is 0 Å². The van der Waals surface area contributed by atoms with E-state index in [0.717, 1.165) is 51.0 Å². The Morgan fingerprint density at radius 1 is 1.18 bits per heavy atom. The van der Waals surface area contributed by atoms with Gasteiger partial charge in [0.2, 0.25) is 0 Å². The van der Waals surface area contributed by atoms with Gasteiger partial charge in [0, 0.05) is 38.9 Å². The van der Waals surface area contributed by atoms with E-state index in [2.05, 4.69) is 48.5 Å². The van der Waals surface area contributed by atoms with Crippen LogP contribution in [0.1, 0.15) is 46.0 Å². The number of aliphatic imine (C=N–C) groups is 1. The van der Waals surface area contributed by atoms with Crippen LogP contribution in [-0.4, -0.2) is 63.8 Å². The Balaban J connectivity index is 2.33. The van der Waals surface area contributed by atoms with Gasteiger partial charge < -0.3 is 20.3 Å². The third kappa shape index (κ3) is 6.53. The zero-order chi connectivity index (χ0) is 16.4. The second-order valence-corrected chi connectivity index (χ2v) is 6.97. The maximum absolute atomic E-state index is 5.52. The Bertz CT molecular complexity index is 323. The van der Waals surface area contributed by atoms with Crippen LogP contribution in [0.25, 0.3) is 0 Å². The molecule has 1 aliphatic rings. The minimum atomic E-state index is 0.174. The lowest BCUT2D eigenvalue weighted by Gasteiger charge is -2.43. The summed E-state index contributed by atoms with van der Waals surface area (Å²) in [5, 5.41) is 6.93. The van der Waals surface area contributed by atoms with Gasteiger partial charge in [-0.1, -0.05) is 26.7 Å². The van der Waals surface area contributed by atoms with Gasteiger partial charge in [0.25, 0.3) is 0 Å². The topological polar surface area (TPSA) is 48.9 Å². The van der Waals surface area contributed by atoms with Crippen LogP contribution < -0.4 is 10.6 Å². The van der Waals surface area contributed by atoms with Crippen LogP contribution in [0.3, 0.4) is 0 Å². The highest BCUT2D eigenvalue weighted by atomic mass is 16.5. The van der Waals surface area contributed by atoms with Crippen molar-refractivity contribution in [3.63, 3.8) is 0 Å². The van der Waals surface area contributed by atoms with Crippen molar-refractivity contribution >= 4 is 5.96 Å². The summed E-state index contributed by atoms with van der Waals surface area (Å²) in [6.45, 7) is 8.16. The summed E-state index contributed by atoms with van der Waals surface area (Å²) in [6.07, 6.45) is 5.92. The van der Waals surface area contributed by atoms with Gasteiger partial charge in [0.15, 0.2) is 5.96 Å². The molecule has 0 aromatic heterocycles. The van der Waals surface area contributed by atoms with E-state index in [-0.39, 0.29) is 5.54 Å². The maximum Gasteiger partial charge on any atom is 0.191 e. The van der Waals surface area contributed by atoms with E-state index in [1.807, 2.05) is 7.05 Å². The molecule has 1 heterocycles. The quantitative estimate of drug-likeness (QED) is 0.409. The molecule has 0 aromatic rings. The highest BCUT2D eigenvalue weighted by Crippen LogP contribution is 2.24. The van der Waals surface area contributed by atoms with Crippen LogP contribution in [0, 0.1) is 5.92 Å². The van der Waals surface area contributed by atoms with Gasteiger partial charge >= 0.3 is 0 Å². The minimum Gasteiger partial charge on any atom is -0.381 e. The van der Waals surface area contributed by atoms with Crippen molar-refractivity contribution < 1.29 is 4.74 Å². The maximum atomic E-state index is 5.52. The molecule has 2 N–H and O–H groups in total. The number of unbranched alkanes of at least 4 members (excludes halogenated alkanes) is 1. The summed E-state index contributed by atoms with van der Waals surface area (Å²) < 4.78 is 5.52. The number of nitrogens with zero attached hydrogens (tertiary/aromatic N) is 2. The highest BCUT2D eigenvalue weighted by molar-refractivity contribution is 5.79. The van der Waals surface area contributed by atoms with Crippen LogP contribution in [0.2, 0.25) is 0 Å². The Morgan fingerprint density at radius 3 is 2.41 bits per heavy atom. The van der Waals surface area contributed by atoms with Gasteiger partial charge in [0.05, 0.1) is 0 Å². The first-order valence-electron chi connectivity index (χ1n) is 8.70. The molecule has 0 unspecified atom stereocenters. The number of hydrogen-bond acceptors (Lipinski definition) is 3. The van der Waals surface area contributed by atoms with E-state index in [4.69, 9.17) is 4.74 Å². The van der Waals surface area contributed by atoms with E-state index < -0.39 is 0 Å². The molecular formula is C17H36N4O. The predicted octanol–water partition coefficient (Wildman–Crippen LogP) is 2.09. The molecule has 1 fully saturated rings. The standard InChI is InChI=1S/C17H36N4O/c1-15(2)8-6-7-11-19-16(18-3)20-14-17(21(4)5)9-12-22-13-10-17/h15H,6-14H2,1-5H3,(H2,18,19,20). The smallest absolute Gasteiger partial charge is 0.191 e. The lowest BCUT2D eigenvalue weighted by molar-refractivity contribution is -0.00501. The minimum absolute atomic E-state index is 0.174. The van der Waals surface area contributed by atoms with Gasteiger partial charge in [-0.05, 0) is 39.3 Å². The Labute approximate surface area is 136 Å². The van der Waals surface area contributed by atoms with Crippen LogP contribution in [-0.2, 0) is 4.74 Å². The molecule has 5 heteroatoms. The molecule has 22 heavy (non-hydrogen) atoms. The first kappa shape index (κ1) is 19.2. The van der Waals surface area contributed by atoms with Crippen molar-refractivity contribution in [2.45, 2.75) is 51.5 Å². The normalized spacial score (nSPS) is 18.8. The zero-order valence-corrected chi connectivity index (χ0v) is 15.2. The lowest BCUT2D eigenvalue weighted by atomic mass is 9.88. The average molecular weight is 313 g/mol. The molecule has 0 bridgehead atoms. The average Bonchev–Trinajstić information content (AvgIpc) is 2.50. The Hall–Kier alpha value is -0.810. The fourth-order valence-electron chi connectivity index (χ4n) is 2.89. The largest absolute Gasteiger partial charge is 0.381 e. The summed E-state index contributed by atoms with van der Waals surface area (Å²) in [6, 6.07) is 0. The predicted molar refractivity (Wildman–Crippen MR) is 94.5 cm³/mol. The highest BCUT2D eigenvalue weighted by Gasteiger charge is 2.34. The third-order valence-corrected chi connectivity index (χ3v) is 4.68. The van der Waals surface area contributed by atoms with Crippen molar-refractivity contribution in [2.24, 2.45) is 10.9 Å².